The van der Waals surface area contributed by atoms with Crippen LogP contribution in [0.4, 0.5) is 0 Å². The minimum atomic E-state index is -0.554. The molecule has 0 fully saturated rings. The van der Waals surface area contributed by atoms with Crippen molar-refractivity contribution in [2.75, 3.05) is 6.61 Å². The fraction of sp³-hybridized carbons (Fsp3) is 0.158. The van der Waals surface area contributed by atoms with Crippen LogP contribution in [-0.4, -0.2) is 22.1 Å². The number of halogens is 1. The van der Waals surface area contributed by atoms with Gasteiger partial charge in [0.2, 0.25) is 0 Å². The minimum Gasteiger partial charge on any atom is -0.482 e. The first-order chi connectivity index (χ1) is 12.6. The van der Waals surface area contributed by atoms with Gasteiger partial charge >= 0.3 is 0 Å². The van der Waals surface area contributed by atoms with Crippen LogP contribution < -0.4 is 10.5 Å². The Hall–Kier alpha value is -2.83. The molecule has 0 unspecified atom stereocenters. The second-order valence-electron chi connectivity index (χ2n) is 5.97. The van der Waals surface area contributed by atoms with Gasteiger partial charge in [0.15, 0.2) is 6.61 Å². The Labute approximate surface area is 155 Å². The third-order valence-electron chi connectivity index (χ3n) is 4.18. The van der Waals surface area contributed by atoms with Crippen LogP contribution in [0.3, 0.4) is 0 Å². The highest BCUT2D eigenvalue weighted by Gasteiger charge is 2.15. The van der Waals surface area contributed by atoms with Crippen LogP contribution in [0.15, 0.2) is 48.8 Å². The smallest absolute Gasteiger partial charge is 0.255 e. The summed E-state index contributed by atoms with van der Waals surface area (Å²) in [6.45, 7) is 1.07. The van der Waals surface area contributed by atoms with E-state index in [4.69, 9.17) is 26.8 Å². The van der Waals surface area contributed by atoms with Crippen LogP contribution in [0.1, 0.15) is 11.1 Å². The van der Waals surface area contributed by atoms with Gasteiger partial charge in [-0.1, -0.05) is 17.7 Å². The first kappa shape index (κ1) is 16.6. The molecule has 0 aliphatic carbocycles. The van der Waals surface area contributed by atoms with Gasteiger partial charge in [0.1, 0.15) is 11.6 Å². The summed E-state index contributed by atoms with van der Waals surface area (Å²) in [7, 11) is 0. The maximum atomic E-state index is 10.9. The van der Waals surface area contributed by atoms with Gasteiger partial charge < -0.3 is 15.2 Å². The number of carbonyl (C=O) groups is 1. The summed E-state index contributed by atoms with van der Waals surface area (Å²) in [5, 5.41) is 0.389. The van der Waals surface area contributed by atoms with Crippen molar-refractivity contribution in [2.45, 2.75) is 13.2 Å². The van der Waals surface area contributed by atoms with E-state index < -0.39 is 5.91 Å². The Morgan fingerprint density at radius 3 is 2.88 bits per heavy atom. The summed E-state index contributed by atoms with van der Waals surface area (Å²) in [6, 6.07) is 11.5. The third kappa shape index (κ3) is 3.16. The van der Waals surface area contributed by atoms with E-state index in [0.717, 1.165) is 17.1 Å². The van der Waals surface area contributed by atoms with Gasteiger partial charge in [-0.05, 0) is 41.5 Å². The summed E-state index contributed by atoms with van der Waals surface area (Å²) >= 11 is 6.27. The Bertz CT molecular complexity index is 984. The van der Waals surface area contributed by atoms with Crippen LogP contribution in [-0.2, 0) is 22.7 Å². The van der Waals surface area contributed by atoms with Crippen LogP contribution in [0, 0.1) is 0 Å². The summed E-state index contributed by atoms with van der Waals surface area (Å²) in [6.07, 6.45) is 3.64. The van der Waals surface area contributed by atoms with E-state index in [1.807, 2.05) is 22.9 Å². The molecule has 3 aromatic rings. The lowest BCUT2D eigenvalue weighted by Crippen LogP contribution is -2.20. The Kier molecular flexibility index (Phi) is 4.36. The first-order valence-electron chi connectivity index (χ1n) is 8.06. The molecule has 26 heavy (non-hydrogen) atoms. The molecule has 6 nitrogen and oxygen atoms in total. The molecule has 2 heterocycles. The highest BCUT2D eigenvalue weighted by atomic mass is 35.5. The average molecular weight is 370 g/mol. The fourth-order valence-corrected chi connectivity index (χ4v) is 3.17. The second-order valence-corrected chi connectivity index (χ2v) is 6.37. The third-order valence-corrected chi connectivity index (χ3v) is 4.48. The zero-order chi connectivity index (χ0) is 18.1. The van der Waals surface area contributed by atoms with Gasteiger partial charge in [0, 0.05) is 23.6 Å². The predicted octanol–water partition coefficient (Wildman–Crippen LogP) is 3.09. The standard InChI is InChI=1S/C19H16ClN3O3/c20-16-8-12(2-4-17(16)26-11-18(21)24)19-22-5-6-23(19)15-3-1-13-9-25-10-14(13)7-15/h1-8H,9-11H2,(H2,21,24). The predicted molar refractivity (Wildman–Crippen MR) is 97.2 cm³/mol. The van der Waals surface area contributed by atoms with Crippen molar-refractivity contribution in [2.24, 2.45) is 5.73 Å². The number of fused-ring (bicyclic) bond motifs is 1. The van der Waals surface area contributed by atoms with Crippen molar-refractivity contribution in [1.29, 1.82) is 0 Å². The minimum absolute atomic E-state index is 0.217. The fourth-order valence-electron chi connectivity index (χ4n) is 2.94. The number of imidazole rings is 1. The highest BCUT2D eigenvalue weighted by molar-refractivity contribution is 6.32. The average Bonchev–Trinajstić information content (AvgIpc) is 3.28. The number of aromatic nitrogens is 2. The van der Waals surface area contributed by atoms with Gasteiger partial charge in [0.05, 0.1) is 18.2 Å². The monoisotopic (exact) mass is 369 g/mol. The molecule has 2 N–H and O–H groups in total. The number of hydrogen-bond acceptors (Lipinski definition) is 4. The van der Waals surface area contributed by atoms with Crippen molar-refractivity contribution in [3.63, 3.8) is 0 Å². The maximum Gasteiger partial charge on any atom is 0.255 e. The number of benzene rings is 2. The maximum absolute atomic E-state index is 10.9. The summed E-state index contributed by atoms with van der Waals surface area (Å²) in [5.41, 5.74) is 9.34. The molecular formula is C19H16ClN3O3. The quantitative estimate of drug-likeness (QED) is 0.749. The summed E-state index contributed by atoms with van der Waals surface area (Å²) < 4.78 is 12.8. The van der Waals surface area contributed by atoms with E-state index in [0.29, 0.717) is 24.0 Å². The number of nitrogens with zero attached hydrogens (tertiary/aromatic N) is 2. The molecule has 0 bridgehead atoms. The SMILES string of the molecule is NC(=O)COc1ccc(-c2nccn2-c2ccc3c(c2)COC3)cc1Cl. The molecule has 2 aromatic carbocycles. The molecule has 0 saturated heterocycles. The number of hydrogen-bond donors (Lipinski definition) is 1. The van der Waals surface area contributed by atoms with E-state index in [-0.39, 0.29) is 6.61 Å². The lowest BCUT2D eigenvalue weighted by Gasteiger charge is -2.11. The van der Waals surface area contributed by atoms with Crippen LogP contribution in [0.25, 0.3) is 17.1 Å². The van der Waals surface area contributed by atoms with Crippen molar-refractivity contribution in [1.82, 2.24) is 9.55 Å². The van der Waals surface area contributed by atoms with Gasteiger partial charge in [-0.25, -0.2) is 4.98 Å². The zero-order valence-electron chi connectivity index (χ0n) is 13.8. The molecule has 1 amide bonds. The summed E-state index contributed by atoms with van der Waals surface area (Å²) in [4.78, 5) is 15.3. The summed E-state index contributed by atoms with van der Waals surface area (Å²) in [5.74, 6) is 0.607. The number of rotatable bonds is 5. The van der Waals surface area contributed by atoms with Crippen molar-refractivity contribution in [3.05, 3.63) is 64.9 Å². The van der Waals surface area contributed by atoms with E-state index in [1.165, 1.54) is 11.1 Å². The lowest BCUT2D eigenvalue weighted by atomic mass is 10.1. The number of nitrogens with two attached hydrogens (primary N) is 1. The van der Waals surface area contributed by atoms with Crippen LogP contribution in [0.2, 0.25) is 5.02 Å². The molecular weight excluding hydrogens is 354 g/mol. The zero-order valence-corrected chi connectivity index (χ0v) is 14.6. The highest BCUT2D eigenvalue weighted by Crippen LogP contribution is 2.31. The molecule has 0 spiro atoms. The topological polar surface area (TPSA) is 79.4 Å². The number of ether oxygens (including phenoxy) is 2. The van der Waals surface area contributed by atoms with Crippen molar-refractivity contribution in [3.8, 4) is 22.8 Å². The molecule has 0 atom stereocenters. The molecule has 1 aromatic heterocycles. The van der Waals surface area contributed by atoms with E-state index in [9.17, 15) is 4.79 Å². The van der Waals surface area contributed by atoms with E-state index >= 15 is 0 Å². The number of primary amides is 1. The molecule has 1 aliphatic rings. The molecule has 1 aliphatic heterocycles. The second kappa shape index (κ2) is 6.82. The Morgan fingerprint density at radius 2 is 2.08 bits per heavy atom. The van der Waals surface area contributed by atoms with E-state index in [1.54, 1.807) is 18.3 Å². The van der Waals surface area contributed by atoms with Gasteiger partial charge in [0.25, 0.3) is 5.91 Å². The molecule has 4 rings (SSSR count). The Balaban J connectivity index is 1.66. The molecule has 132 valence electrons. The van der Waals surface area contributed by atoms with Gasteiger partial charge in [-0.15, -0.1) is 0 Å². The van der Waals surface area contributed by atoms with Crippen molar-refractivity contribution >= 4 is 17.5 Å². The first-order valence-corrected chi connectivity index (χ1v) is 8.44. The largest absolute Gasteiger partial charge is 0.482 e. The number of carbonyl (C=O) groups excluding carboxylic acids is 1. The number of amides is 1. The Morgan fingerprint density at radius 1 is 1.23 bits per heavy atom. The molecule has 0 saturated carbocycles. The van der Waals surface area contributed by atoms with Crippen molar-refractivity contribution < 1.29 is 14.3 Å². The molecule has 7 heteroatoms. The van der Waals surface area contributed by atoms with Crippen LogP contribution >= 0.6 is 11.6 Å². The lowest BCUT2D eigenvalue weighted by molar-refractivity contribution is -0.119. The van der Waals surface area contributed by atoms with Crippen LogP contribution in [0.5, 0.6) is 5.75 Å². The normalized spacial score (nSPS) is 12.8. The molecule has 0 radical (unpaired) electrons. The van der Waals surface area contributed by atoms with Gasteiger partial charge in [-0.2, -0.15) is 0 Å². The van der Waals surface area contributed by atoms with E-state index in [2.05, 4.69) is 17.1 Å². The van der Waals surface area contributed by atoms with Gasteiger partial charge in [-0.3, -0.25) is 9.36 Å².